The molecule has 0 aliphatic rings. The first-order chi connectivity index (χ1) is 9.43. The molecule has 0 saturated carbocycles. The average Bonchev–Trinajstić information content (AvgIpc) is 2.91. The molecule has 2 aromatic heterocycles. The minimum absolute atomic E-state index is 0.127. The maximum Gasteiger partial charge on any atom is 0.434 e. The number of Topliss-reactive ketones (excluding diaryl/α,β-unsaturated/α-hetero) is 1. The predicted octanol–water partition coefficient (Wildman–Crippen LogP) is 1.45. The molecule has 0 atom stereocenters. The number of alkyl halides is 3. The van der Waals surface area contributed by atoms with Gasteiger partial charge in [0.1, 0.15) is 18.9 Å². The molecule has 0 radical (unpaired) electrons. The van der Waals surface area contributed by atoms with Gasteiger partial charge in [-0.25, -0.2) is 14.6 Å². The Morgan fingerprint density at radius 2 is 2.10 bits per heavy atom. The van der Waals surface area contributed by atoms with E-state index in [0.29, 0.717) is 0 Å². The molecule has 6 nitrogen and oxygen atoms in total. The number of aldehydes is 1. The molecule has 0 bridgehead atoms. The van der Waals surface area contributed by atoms with Gasteiger partial charge in [0, 0.05) is 5.56 Å². The lowest BCUT2D eigenvalue weighted by atomic mass is 10.1. The van der Waals surface area contributed by atoms with E-state index in [1.807, 2.05) is 0 Å². The quantitative estimate of drug-likeness (QED) is 0.482. The smallest absolute Gasteiger partial charge is 0.303 e. The van der Waals surface area contributed by atoms with Crippen molar-refractivity contribution in [1.29, 1.82) is 0 Å². The second-order valence-corrected chi connectivity index (χ2v) is 3.70. The Morgan fingerprint density at radius 1 is 1.35 bits per heavy atom. The van der Waals surface area contributed by atoms with E-state index in [0.717, 1.165) is 17.1 Å². The molecule has 0 unspecified atom stereocenters. The van der Waals surface area contributed by atoms with Crippen LogP contribution in [0.25, 0.3) is 5.82 Å². The zero-order valence-corrected chi connectivity index (χ0v) is 9.83. The van der Waals surface area contributed by atoms with Crippen LogP contribution in [0.2, 0.25) is 0 Å². The van der Waals surface area contributed by atoms with E-state index in [4.69, 9.17) is 0 Å². The van der Waals surface area contributed by atoms with E-state index in [9.17, 15) is 22.8 Å². The fraction of sp³-hybridized carbons (Fsp3) is 0.182. The van der Waals surface area contributed by atoms with Crippen molar-refractivity contribution in [3.63, 3.8) is 0 Å². The molecule has 0 saturated heterocycles. The number of ketones is 1. The number of carbonyl (C=O) groups excluding carboxylic acids is 2. The molecule has 9 heteroatoms. The fourth-order valence-corrected chi connectivity index (χ4v) is 1.53. The van der Waals surface area contributed by atoms with Gasteiger partial charge in [-0.3, -0.25) is 4.79 Å². The number of pyridine rings is 1. The summed E-state index contributed by atoms with van der Waals surface area (Å²) < 4.78 is 39.8. The summed E-state index contributed by atoms with van der Waals surface area (Å²) in [6.45, 7) is 0. The van der Waals surface area contributed by atoms with Crippen molar-refractivity contribution in [3.05, 3.63) is 36.0 Å². The number of rotatable bonds is 4. The van der Waals surface area contributed by atoms with E-state index >= 15 is 0 Å². The monoisotopic (exact) mass is 284 g/mol. The van der Waals surface area contributed by atoms with Crippen molar-refractivity contribution in [2.75, 3.05) is 0 Å². The number of aromatic nitrogens is 4. The highest BCUT2D eigenvalue weighted by atomic mass is 19.4. The Morgan fingerprint density at radius 3 is 2.65 bits per heavy atom. The first-order valence-corrected chi connectivity index (χ1v) is 5.33. The summed E-state index contributed by atoms with van der Waals surface area (Å²) in [6.07, 6.45) is -2.89. The molecule has 2 heterocycles. The molecule has 0 spiro atoms. The summed E-state index contributed by atoms with van der Waals surface area (Å²) in [5.41, 5.74) is -1.99. The number of hydrogen-bond acceptors (Lipinski definition) is 5. The average molecular weight is 284 g/mol. The number of nitrogens with zero attached hydrogens (tertiary/aromatic N) is 4. The summed E-state index contributed by atoms with van der Waals surface area (Å²) in [4.78, 5) is 28.7. The zero-order chi connectivity index (χ0) is 14.8. The van der Waals surface area contributed by atoms with Crippen LogP contribution in [0.5, 0.6) is 0 Å². The van der Waals surface area contributed by atoms with Gasteiger partial charge in [-0.2, -0.15) is 18.3 Å². The minimum atomic E-state index is -4.82. The van der Waals surface area contributed by atoms with Gasteiger partial charge in [-0.15, -0.1) is 0 Å². The van der Waals surface area contributed by atoms with Crippen LogP contribution in [0, 0.1) is 0 Å². The van der Waals surface area contributed by atoms with Crippen molar-refractivity contribution in [2.45, 2.75) is 12.6 Å². The lowest BCUT2D eigenvalue weighted by Gasteiger charge is -2.11. The van der Waals surface area contributed by atoms with Crippen molar-refractivity contribution in [3.8, 4) is 5.82 Å². The summed E-state index contributed by atoms with van der Waals surface area (Å²) in [7, 11) is 0. The third kappa shape index (κ3) is 2.71. The standard InChI is InChI=1S/C11H7F3N4O2/c12-11(13,14)10-7(8(20)3-4-19)1-2-9(17-10)18-6-15-5-16-18/h1-2,4-6H,3H2. The van der Waals surface area contributed by atoms with Crippen molar-refractivity contribution in [1.82, 2.24) is 19.7 Å². The van der Waals surface area contributed by atoms with E-state index in [1.54, 1.807) is 0 Å². The lowest BCUT2D eigenvalue weighted by molar-refractivity contribution is -0.141. The Bertz CT molecular complexity index is 638. The van der Waals surface area contributed by atoms with Crippen LogP contribution in [-0.4, -0.2) is 31.8 Å². The summed E-state index contributed by atoms with van der Waals surface area (Å²) >= 11 is 0. The Kier molecular flexibility index (Phi) is 3.59. The molecule has 0 aliphatic carbocycles. The molecule has 0 fully saturated rings. The summed E-state index contributed by atoms with van der Waals surface area (Å²) in [5, 5.41) is 3.66. The minimum Gasteiger partial charge on any atom is -0.303 e. The SMILES string of the molecule is O=CCC(=O)c1ccc(-n2cncn2)nc1C(F)(F)F. The van der Waals surface area contributed by atoms with Gasteiger partial charge >= 0.3 is 6.18 Å². The number of halogens is 3. The molecular formula is C11H7F3N4O2. The van der Waals surface area contributed by atoms with Gasteiger partial charge in [0.15, 0.2) is 17.3 Å². The zero-order valence-electron chi connectivity index (χ0n) is 9.83. The maximum atomic E-state index is 12.9. The van der Waals surface area contributed by atoms with E-state index in [1.165, 1.54) is 12.4 Å². The van der Waals surface area contributed by atoms with Crippen LogP contribution >= 0.6 is 0 Å². The van der Waals surface area contributed by atoms with Crippen molar-refractivity contribution in [2.24, 2.45) is 0 Å². The molecule has 2 aromatic rings. The number of hydrogen-bond donors (Lipinski definition) is 0. The number of carbonyl (C=O) groups is 2. The van der Waals surface area contributed by atoms with Crippen LogP contribution in [0.15, 0.2) is 24.8 Å². The van der Waals surface area contributed by atoms with Gasteiger partial charge in [0.25, 0.3) is 0 Å². The topological polar surface area (TPSA) is 77.7 Å². The fourth-order valence-electron chi connectivity index (χ4n) is 1.53. The molecular weight excluding hydrogens is 277 g/mol. The van der Waals surface area contributed by atoms with Crippen molar-refractivity contribution >= 4 is 12.1 Å². The van der Waals surface area contributed by atoms with Gasteiger partial charge in [0.05, 0.1) is 6.42 Å². The van der Waals surface area contributed by atoms with Crippen LogP contribution in [0.1, 0.15) is 22.5 Å². The molecule has 0 amide bonds. The highest BCUT2D eigenvalue weighted by molar-refractivity contribution is 6.03. The molecule has 20 heavy (non-hydrogen) atoms. The van der Waals surface area contributed by atoms with Crippen molar-refractivity contribution < 1.29 is 22.8 Å². The third-order valence-corrected chi connectivity index (χ3v) is 2.37. The van der Waals surface area contributed by atoms with Crippen LogP contribution in [0.3, 0.4) is 0 Å². The van der Waals surface area contributed by atoms with Gasteiger partial charge < -0.3 is 4.79 Å². The molecule has 0 aromatic carbocycles. The molecule has 2 rings (SSSR count). The van der Waals surface area contributed by atoms with Crippen LogP contribution < -0.4 is 0 Å². The van der Waals surface area contributed by atoms with Gasteiger partial charge in [-0.1, -0.05) is 0 Å². The largest absolute Gasteiger partial charge is 0.434 e. The maximum absolute atomic E-state index is 12.9. The Labute approximate surface area is 110 Å². The normalized spacial score (nSPS) is 11.3. The summed E-state index contributed by atoms with van der Waals surface area (Å²) in [6, 6.07) is 2.17. The van der Waals surface area contributed by atoms with Gasteiger partial charge in [-0.05, 0) is 12.1 Å². The molecule has 104 valence electrons. The highest BCUT2D eigenvalue weighted by Crippen LogP contribution is 2.31. The highest BCUT2D eigenvalue weighted by Gasteiger charge is 2.37. The van der Waals surface area contributed by atoms with Crippen LogP contribution in [0.4, 0.5) is 13.2 Å². The van der Waals surface area contributed by atoms with E-state index < -0.39 is 29.6 Å². The predicted molar refractivity (Wildman–Crippen MR) is 59.2 cm³/mol. The van der Waals surface area contributed by atoms with E-state index in [2.05, 4.69) is 15.1 Å². The molecule has 0 N–H and O–H groups in total. The Hall–Kier alpha value is -2.58. The van der Waals surface area contributed by atoms with Gasteiger partial charge in [0.2, 0.25) is 0 Å². The first kappa shape index (κ1) is 13.8. The van der Waals surface area contributed by atoms with Crippen LogP contribution in [-0.2, 0) is 11.0 Å². The summed E-state index contributed by atoms with van der Waals surface area (Å²) in [5.74, 6) is -1.07. The lowest BCUT2D eigenvalue weighted by Crippen LogP contribution is -2.17. The second kappa shape index (κ2) is 5.19. The first-order valence-electron chi connectivity index (χ1n) is 5.33. The van der Waals surface area contributed by atoms with E-state index in [-0.39, 0.29) is 12.1 Å². The molecule has 0 aliphatic heterocycles. The Balaban J connectivity index is 2.54. The third-order valence-electron chi connectivity index (χ3n) is 2.37. The second-order valence-electron chi connectivity index (χ2n) is 3.70.